The highest BCUT2D eigenvalue weighted by atomic mass is 16.5. The average molecular weight is 427 g/mol. The Morgan fingerprint density at radius 2 is 1.32 bits per heavy atom. The molecule has 0 saturated carbocycles. The van der Waals surface area contributed by atoms with Gasteiger partial charge in [0.05, 0.1) is 0 Å². The summed E-state index contributed by atoms with van der Waals surface area (Å²) in [7, 11) is 0. The van der Waals surface area contributed by atoms with Crippen molar-refractivity contribution in [1.29, 1.82) is 0 Å². The summed E-state index contributed by atoms with van der Waals surface area (Å²) in [6.45, 7) is 5.54. The second kappa shape index (κ2) is 12.4. The van der Waals surface area contributed by atoms with Crippen LogP contribution in [0.2, 0.25) is 0 Å². The van der Waals surface area contributed by atoms with E-state index < -0.39 is 30.1 Å². The Bertz CT molecular complexity index is 842. The zero-order chi connectivity index (χ0) is 22.6. The monoisotopic (exact) mass is 426 g/mol. The van der Waals surface area contributed by atoms with Crippen molar-refractivity contribution in [3.8, 4) is 0 Å². The van der Waals surface area contributed by atoms with E-state index in [9.17, 15) is 14.4 Å². The van der Waals surface area contributed by atoms with Gasteiger partial charge in [-0.25, -0.2) is 9.59 Å². The Hall–Kier alpha value is -3.35. The fourth-order valence-electron chi connectivity index (χ4n) is 2.81. The van der Waals surface area contributed by atoms with E-state index in [0.717, 1.165) is 11.1 Å². The molecule has 3 atom stereocenters. The van der Waals surface area contributed by atoms with Gasteiger partial charge in [-0.05, 0) is 24.0 Å². The lowest BCUT2D eigenvalue weighted by molar-refractivity contribution is -0.148. The first kappa shape index (κ1) is 23.9. The van der Waals surface area contributed by atoms with Gasteiger partial charge in [0.1, 0.15) is 25.3 Å². The van der Waals surface area contributed by atoms with Gasteiger partial charge in [-0.2, -0.15) is 0 Å². The van der Waals surface area contributed by atoms with Crippen molar-refractivity contribution in [2.75, 3.05) is 0 Å². The Balaban J connectivity index is 1.87. The summed E-state index contributed by atoms with van der Waals surface area (Å²) in [5.41, 5.74) is 1.70. The van der Waals surface area contributed by atoms with Crippen LogP contribution >= 0.6 is 0 Å². The first-order valence-corrected chi connectivity index (χ1v) is 10.4. The molecular formula is C24H30N2O5. The van der Waals surface area contributed by atoms with Crippen molar-refractivity contribution in [1.82, 2.24) is 10.6 Å². The van der Waals surface area contributed by atoms with Gasteiger partial charge in [0.15, 0.2) is 0 Å². The molecule has 0 unspecified atom stereocenters. The molecule has 0 radical (unpaired) electrons. The lowest BCUT2D eigenvalue weighted by atomic mass is 9.98. The normalized spacial score (nSPS) is 13.4. The molecule has 2 aromatic carbocycles. The highest BCUT2D eigenvalue weighted by Gasteiger charge is 2.29. The molecule has 0 spiro atoms. The van der Waals surface area contributed by atoms with E-state index >= 15 is 0 Å². The number of esters is 1. The van der Waals surface area contributed by atoms with E-state index in [2.05, 4.69) is 10.6 Å². The molecule has 2 amide bonds. The lowest BCUT2D eigenvalue weighted by Gasteiger charge is -2.24. The van der Waals surface area contributed by atoms with Crippen LogP contribution in [0.15, 0.2) is 60.7 Å². The van der Waals surface area contributed by atoms with Crippen LogP contribution in [0.3, 0.4) is 0 Å². The summed E-state index contributed by atoms with van der Waals surface area (Å²) in [4.78, 5) is 37.2. The van der Waals surface area contributed by atoms with E-state index in [4.69, 9.17) is 9.47 Å². The fraction of sp³-hybridized carbons (Fsp3) is 0.375. The summed E-state index contributed by atoms with van der Waals surface area (Å²) in [5, 5.41) is 5.24. The second-order valence-electron chi connectivity index (χ2n) is 7.39. The van der Waals surface area contributed by atoms with E-state index in [0.29, 0.717) is 6.42 Å². The fourth-order valence-corrected chi connectivity index (χ4v) is 2.81. The molecule has 7 nitrogen and oxygen atoms in total. The smallest absolute Gasteiger partial charge is 0.408 e. The summed E-state index contributed by atoms with van der Waals surface area (Å²) in [6.07, 6.45) is -0.0345. The van der Waals surface area contributed by atoms with Crippen molar-refractivity contribution >= 4 is 18.0 Å². The van der Waals surface area contributed by atoms with Gasteiger partial charge in [-0.1, -0.05) is 80.9 Å². The second-order valence-corrected chi connectivity index (χ2v) is 7.39. The van der Waals surface area contributed by atoms with Crippen LogP contribution in [-0.4, -0.2) is 30.1 Å². The zero-order valence-electron chi connectivity index (χ0n) is 18.2. The van der Waals surface area contributed by atoms with E-state index in [1.807, 2.05) is 74.5 Å². The number of benzene rings is 2. The van der Waals surface area contributed by atoms with Crippen molar-refractivity contribution < 1.29 is 23.9 Å². The highest BCUT2D eigenvalue weighted by molar-refractivity contribution is 5.89. The minimum Gasteiger partial charge on any atom is -0.459 e. The topological polar surface area (TPSA) is 93.7 Å². The molecule has 0 aliphatic carbocycles. The number of nitrogens with one attached hydrogen (secondary N) is 2. The third kappa shape index (κ3) is 8.12. The van der Waals surface area contributed by atoms with Crippen LogP contribution in [0.25, 0.3) is 0 Å². The largest absolute Gasteiger partial charge is 0.459 e. The maximum absolute atomic E-state index is 12.8. The number of alkyl carbamates (subject to hydrolysis) is 1. The third-order valence-electron chi connectivity index (χ3n) is 4.92. The van der Waals surface area contributed by atoms with Gasteiger partial charge in [0.2, 0.25) is 5.91 Å². The van der Waals surface area contributed by atoms with Crippen LogP contribution < -0.4 is 10.6 Å². The van der Waals surface area contributed by atoms with Crippen molar-refractivity contribution in [2.45, 2.75) is 52.5 Å². The average Bonchev–Trinajstić information content (AvgIpc) is 2.80. The first-order chi connectivity index (χ1) is 14.9. The molecule has 0 heterocycles. The van der Waals surface area contributed by atoms with Crippen molar-refractivity contribution in [3.63, 3.8) is 0 Å². The number of hydrogen-bond acceptors (Lipinski definition) is 5. The molecule has 2 aromatic rings. The molecule has 0 aliphatic rings. The van der Waals surface area contributed by atoms with Gasteiger partial charge in [0, 0.05) is 0 Å². The molecule has 7 heteroatoms. The quantitative estimate of drug-likeness (QED) is 0.567. The van der Waals surface area contributed by atoms with E-state index in [1.165, 1.54) is 0 Å². The first-order valence-electron chi connectivity index (χ1n) is 10.4. The molecule has 0 aromatic heterocycles. The molecule has 0 aliphatic heterocycles. The van der Waals surface area contributed by atoms with Crippen molar-refractivity contribution in [2.24, 2.45) is 5.92 Å². The number of amides is 2. The van der Waals surface area contributed by atoms with Gasteiger partial charge < -0.3 is 20.1 Å². The van der Waals surface area contributed by atoms with Crippen LogP contribution in [0.1, 0.15) is 38.3 Å². The number of hydrogen-bond donors (Lipinski definition) is 2. The zero-order valence-corrected chi connectivity index (χ0v) is 18.2. The van der Waals surface area contributed by atoms with Crippen LogP contribution in [0.4, 0.5) is 4.79 Å². The predicted octanol–water partition coefficient (Wildman–Crippen LogP) is 3.58. The van der Waals surface area contributed by atoms with E-state index in [1.54, 1.807) is 6.92 Å². The maximum atomic E-state index is 12.8. The highest BCUT2D eigenvalue weighted by Crippen LogP contribution is 2.10. The molecule has 0 bridgehead atoms. The predicted molar refractivity (Wildman–Crippen MR) is 117 cm³/mol. The molecule has 0 fully saturated rings. The number of carbonyl (C=O) groups excluding carboxylic acids is 3. The molecule has 166 valence electrons. The summed E-state index contributed by atoms with van der Waals surface area (Å²) in [6, 6.07) is 16.9. The maximum Gasteiger partial charge on any atom is 0.408 e. The van der Waals surface area contributed by atoms with Gasteiger partial charge in [0.25, 0.3) is 0 Å². The number of rotatable bonds is 10. The van der Waals surface area contributed by atoms with Gasteiger partial charge in [-0.3, -0.25) is 4.79 Å². The molecule has 2 rings (SSSR count). The summed E-state index contributed by atoms with van der Waals surface area (Å²) < 4.78 is 10.5. The summed E-state index contributed by atoms with van der Waals surface area (Å²) >= 11 is 0. The SMILES string of the molecule is CC[C@H](C)[C@@H](NC(=O)OCc1ccccc1)C(=O)N[C@H](C)C(=O)OCc1ccccc1. The third-order valence-corrected chi connectivity index (χ3v) is 4.92. The standard InChI is InChI=1S/C24H30N2O5/c1-4-17(2)21(26-24(29)31-16-20-13-9-6-10-14-20)22(27)25-18(3)23(28)30-15-19-11-7-5-8-12-19/h5-14,17-18,21H,4,15-16H2,1-3H3,(H,25,27)(H,26,29)/t17-,18+,21+/m0/s1. The molecule has 2 N–H and O–H groups in total. The lowest BCUT2D eigenvalue weighted by Crippen LogP contribution is -2.53. The Morgan fingerprint density at radius 1 is 0.806 bits per heavy atom. The van der Waals surface area contributed by atoms with Crippen molar-refractivity contribution in [3.05, 3.63) is 71.8 Å². The Labute approximate surface area is 183 Å². The van der Waals surface area contributed by atoms with Crippen LogP contribution in [-0.2, 0) is 32.3 Å². The van der Waals surface area contributed by atoms with Gasteiger partial charge in [-0.15, -0.1) is 0 Å². The Kier molecular flexibility index (Phi) is 9.55. The molecule has 31 heavy (non-hydrogen) atoms. The number of ether oxygens (including phenoxy) is 2. The summed E-state index contributed by atoms with van der Waals surface area (Å²) in [5.74, 6) is -1.17. The van der Waals surface area contributed by atoms with E-state index in [-0.39, 0.29) is 19.1 Å². The number of carbonyl (C=O) groups is 3. The molecule has 0 saturated heterocycles. The Morgan fingerprint density at radius 3 is 1.84 bits per heavy atom. The van der Waals surface area contributed by atoms with Crippen LogP contribution in [0, 0.1) is 5.92 Å². The molecular weight excluding hydrogens is 396 g/mol. The van der Waals surface area contributed by atoms with Gasteiger partial charge >= 0.3 is 12.1 Å². The minimum absolute atomic E-state index is 0.101. The van der Waals surface area contributed by atoms with Crippen LogP contribution in [0.5, 0.6) is 0 Å². The minimum atomic E-state index is -0.857.